The molecule has 3 aromatic carbocycles. The van der Waals surface area contributed by atoms with Gasteiger partial charge in [0.25, 0.3) is 0 Å². The number of rotatable bonds is 5. The number of aromatic nitrogens is 2. The van der Waals surface area contributed by atoms with Crippen molar-refractivity contribution < 1.29 is 0 Å². The number of hydrogen-bond acceptors (Lipinski definition) is 1. The molecule has 0 saturated heterocycles. The summed E-state index contributed by atoms with van der Waals surface area (Å²) in [7, 11) is 2.24. The van der Waals surface area contributed by atoms with E-state index < -0.39 is 0 Å². The van der Waals surface area contributed by atoms with E-state index in [9.17, 15) is 0 Å². The molecule has 1 aromatic heterocycles. The molecule has 0 fully saturated rings. The summed E-state index contributed by atoms with van der Waals surface area (Å²) in [5.41, 5.74) is 4.10. The Morgan fingerprint density at radius 1 is 0.741 bits per heavy atom. The molecule has 0 saturated carbocycles. The lowest BCUT2D eigenvalue weighted by molar-refractivity contribution is 0.919. The molecule has 27 heavy (non-hydrogen) atoms. The molecule has 0 aliphatic carbocycles. The fourth-order valence-corrected chi connectivity index (χ4v) is 3.22. The normalized spacial score (nSPS) is 10.3. The molecule has 0 bridgehead atoms. The van der Waals surface area contributed by atoms with Crippen LogP contribution in [0.4, 0.5) is 0 Å². The van der Waals surface area contributed by atoms with Gasteiger partial charge in [-0.05, 0) is 16.7 Å². The highest BCUT2D eigenvalue weighted by atomic mass is 14.9. The van der Waals surface area contributed by atoms with Crippen molar-refractivity contribution in [3.63, 3.8) is 0 Å². The van der Waals surface area contributed by atoms with E-state index in [4.69, 9.17) is 0 Å². The fraction of sp³-hybridized carbons (Fsp3) is 0.125. The van der Waals surface area contributed by atoms with Crippen molar-refractivity contribution in [3.8, 4) is 0 Å². The number of aromatic amines is 1. The van der Waals surface area contributed by atoms with Crippen LogP contribution in [-0.2, 0) is 6.42 Å². The van der Waals surface area contributed by atoms with Crippen molar-refractivity contribution in [1.29, 1.82) is 0 Å². The van der Waals surface area contributed by atoms with E-state index >= 15 is 0 Å². The van der Waals surface area contributed by atoms with Crippen molar-refractivity contribution in [3.05, 3.63) is 126 Å². The average Bonchev–Trinajstić information content (AvgIpc) is 3.25. The lowest BCUT2D eigenvalue weighted by Gasteiger charge is -2.15. The van der Waals surface area contributed by atoms with E-state index in [2.05, 4.69) is 90.6 Å². The SMILES string of the molecule is BCC(c1ccccc1)c1ccccc1.c1ccc(Cc2ncc[nH]2)cc1. The zero-order chi connectivity index (χ0) is 18.7. The lowest BCUT2D eigenvalue weighted by atomic mass is 9.81. The smallest absolute Gasteiger partial charge is 0.110 e. The molecule has 4 aromatic rings. The second-order valence-electron chi connectivity index (χ2n) is 6.48. The van der Waals surface area contributed by atoms with Gasteiger partial charge in [0.1, 0.15) is 13.7 Å². The van der Waals surface area contributed by atoms with Gasteiger partial charge in [0.15, 0.2) is 0 Å². The minimum Gasteiger partial charge on any atom is -0.348 e. The van der Waals surface area contributed by atoms with Crippen LogP contribution < -0.4 is 0 Å². The molecule has 134 valence electrons. The van der Waals surface area contributed by atoms with Gasteiger partial charge in [0, 0.05) is 24.7 Å². The standard InChI is InChI=1S/C14H15B.C10H10N2/c15-11-14(12-7-3-1-4-8-12)13-9-5-2-6-10-13;1-2-4-9(5-3-1)8-10-11-6-7-12-10/h1-10,14H,11,15H2;1-7H,8H2,(H,11,12). The van der Waals surface area contributed by atoms with Crippen LogP contribution in [0.2, 0.25) is 6.32 Å². The Labute approximate surface area is 162 Å². The predicted octanol–water partition coefficient (Wildman–Crippen LogP) is 4.87. The van der Waals surface area contributed by atoms with Crippen molar-refractivity contribution >= 4 is 7.85 Å². The van der Waals surface area contributed by atoms with Gasteiger partial charge >= 0.3 is 0 Å². The maximum atomic E-state index is 4.16. The summed E-state index contributed by atoms with van der Waals surface area (Å²) in [6, 6.07) is 31.7. The number of imidazole rings is 1. The van der Waals surface area contributed by atoms with Gasteiger partial charge in [-0.15, -0.1) is 0 Å². The van der Waals surface area contributed by atoms with Crippen LogP contribution in [0.1, 0.15) is 28.4 Å². The van der Waals surface area contributed by atoms with Crippen molar-refractivity contribution in [2.75, 3.05) is 0 Å². The third kappa shape index (κ3) is 5.72. The Bertz CT molecular complexity index is 836. The van der Waals surface area contributed by atoms with E-state index in [1.807, 2.05) is 24.4 Å². The van der Waals surface area contributed by atoms with E-state index in [-0.39, 0.29) is 0 Å². The van der Waals surface area contributed by atoms with Crippen LogP contribution in [0, 0.1) is 0 Å². The molecule has 1 heterocycles. The molecule has 4 rings (SSSR count). The zero-order valence-electron chi connectivity index (χ0n) is 15.8. The summed E-state index contributed by atoms with van der Waals surface area (Å²) in [6.45, 7) is 0. The second kappa shape index (κ2) is 10.2. The van der Waals surface area contributed by atoms with Crippen molar-refractivity contribution in [2.45, 2.75) is 18.7 Å². The van der Waals surface area contributed by atoms with E-state index in [0.717, 1.165) is 18.6 Å². The first-order valence-electron chi connectivity index (χ1n) is 9.49. The van der Waals surface area contributed by atoms with Crippen LogP contribution in [0.3, 0.4) is 0 Å². The van der Waals surface area contributed by atoms with E-state index in [0.29, 0.717) is 5.92 Å². The second-order valence-corrected chi connectivity index (χ2v) is 6.48. The molecule has 0 amide bonds. The summed E-state index contributed by atoms with van der Waals surface area (Å²) in [4.78, 5) is 7.23. The molecular formula is C24H25BN2. The largest absolute Gasteiger partial charge is 0.348 e. The van der Waals surface area contributed by atoms with Crippen LogP contribution >= 0.6 is 0 Å². The Kier molecular flexibility index (Phi) is 7.05. The molecule has 1 N–H and O–H groups in total. The molecule has 0 radical (unpaired) electrons. The first kappa shape index (κ1) is 18.7. The molecule has 3 heteroatoms. The van der Waals surface area contributed by atoms with Gasteiger partial charge in [-0.2, -0.15) is 0 Å². The summed E-state index contributed by atoms with van der Waals surface area (Å²) in [5.74, 6) is 1.55. The van der Waals surface area contributed by atoms with Gasteiger partial charge in [-0.3, -0.25) is 0 Å². The molecule has 0 spiro atoms. The third-order valence-corrected chi connectivity index (χ3v) is 4.58. The summed E-state index contributed by atoms with van der Waals surface area (Å²) in [5, 5.41) is 0. The van der Waals surface area contributed by atoms with Gasteiger partial charge in [-0.25, -0.2) is 4.98 Å². The molecule has 0 unspecified atom stereocenters. The van der Waals surface area contributed by atoms with Crippen molar-refractivity contribution in [1.82, 2.24) is 9.97 Å². The predicted molar refractivity (Wildman–Crippen MR) is 116 cm³/mol. The minimum atomic E-state index is 0.535. The molecule has 0 aliphatic rings. The first-order valence-corrected chi connectivity index (χ1v) is 9.49. The number of H-pyrrole nitrogens is 1. The van der Waals surface area contributed by atoms with Gasteiger partial charge in [0.2, 0.25) is 0 Å². The lowest BCUT2D eigenvalue weighted by Crippen LogP contribution is -1.99. The Hall–Kier alpha value is -3.07. The average molecular weight is 352 g/mol. The van der Waals surface area contributed by atoms with Gasteiger partial charge in [-0.1, -0.05) is 97.3 Å². The van der Waals surface area contributed by atoms with Crippen LogP contribution in [0.5, 0.6) is 0 Å². The maximum absolute atomic E-state index is 4.16. The summed E-state index contributed by atoms with van der Waals surface area (Å²) < 4.78 is 0. The van der Waals surface area contributed by atoms with Crippen molar-refractivity contribution in [2.24, 2.45) is 0 Å². The Morgan fingerprint density at radius 3 is 1.70 bits per heavy atom. The molecule has 2 nitrogen and oxygen atoms in total. The summed E-state index contributed by atoms with van der Waals surface area (Å²) in [6.07, 6.45) is 5.65. The Morgan fingerprint density at radius 2 is 1.26 bits per heavy atom. The summed E-state index contributed by atoms with van der Waals surface area (Å²) >= 11 is 0. The monoisotopic (exact) mass is 352 g/mol. The maximum Gasteiger partial charge on any atom is 0.110 e. The molecular weight excluding hydrogens is 327 g/mol. The van der Waals surface area contributed by atoms with E-state index in [1.54, 1.807) is 6.20 Å². The number of nitrogens with one attached hydrogen (secondary N) is 1. The Balaban J connectivity index is 0.000000159. The number of hydrogen-bond donors (Lipinski definition) is 1. The van der Waals surface area contributed by atoms with Crippen LogP contribution in [0.25, 0.3) is 0 Å². The van der Waals surface area contributed by atoms with Gasteiger partial charge < -0.3 is 4.98 Å². The third-order valence-electron chi connectivity index (χ3n) is 4.58. The van der Waals surface area contributed by atoms with E-state index in [1.165, 1.54) is 16.7 Å². The highest BCUT2D eigenvalue weighted by Crippen LogP contribution is 2.26. The highest BCUT2D eigenvalue weighted by molar-refractivity contribution is 6.09. The minimum absolute atomic E-state index is 0.535. The molecule has 0 aliphatic heterocycles. The van der Waals surface area contributed by atoms with Crippen LogP contribution in [0.15, 0.2) is 103 Å². The first-order chi connectivity index (χ1) is 13.4. The number of nitrogens with zero attached hydrogens (tertiary/aromatic N) is 1. The zero-order valence-corrected chi connectivity index (χ0v) is 15.8. The van der Waals surface area contributed by atoms with Gasteiger partial charge in [0.05, 0.1) is 0 Å². The van der Waals surface area contributed by atoms with Crippen LogP contribution in [-0.4, -0.2) is 17.8 Å². The fourth-order valence-electron chi connectivity index (χ4n) is 3.22. The number of benzene rings is 3. The topological polar surface area (TPSA) is 28.7 Å². The quantitative estimate of drug-likeness (QED) is 0.510. The molecule has 0 atom stereocenters. The highest BCUT2D eigenvalue weighted by Gasteiger charge is 2.10.